The fraction of sp³-hybridized carbons (Fsp3) is 0.278. The van der Waals surface area contributed by atoms with Gasteiger partial charge in [0.05, 0.1) is 5.03 Å². The maximum absolute atomic E-state index is 12.0. The number of nitrogens with zero attached hydrogens (tertiary/aromatic N) is 2. The number of amides is 2. The third-order valence-electron chi connectivity index (χ3n) is 3.75. The number of benzene rings is 1. The molecule has 124 valence electrons. The maximum atomic E-state index is 12.0. The lowest BCUT2D eigenvalue weighted by Crippen LogP contribution is -2.23. The lowest BCUT2D eigenvalue weighted by atomic mass is 10.2. The average molecular weight is 341 g/mol. The molecule has 0 saturated carbocycles. The van der Waals surface area contributed by atoms with Crippen molar-refractivity contribution in [1.29, 1.82) is 0 Å². The van der Waals surface area contributed by atoms with Gasteiger partial charge in [0.15, 0.2) is 0 Å². The zero-order valence-electron chi connectivity index (χ0n) is 13.3. The van der Waals surface area contributed by atoms with Crippen LogP contribution in [-0.2, 0) is 9.59 Å². The molecular weight excluding hydrogens is 322 g/mol. The molecule has 0 aliphatic carbocycles. The number of aromatic nitrogens is 1. The summed E-state index contributed by atoms with van der Waals surface area (Å²) < 4.78 is 0. The highest BCUT2D eigenvalue weighted by Crippen LogP contribution is 2.23. The van der Waals surface area contributed by atoms with Crippen molar-refractivity contribution in [3.63, 3.8) is 0 Å². The lowest BCUT2D eigenvalue weighted by molar-refractivity contribution is -0.117. The molecular formula is C18H19N3O2S. The van der Waals surface area contributed by atoms with Crippen LogP contribution in [-0.4, -0.2) is 29.1 Å². The van der Waals surface area contributed by atoms with Crippen molar-refractivity contribution in [2.45, 2.75) is 24.3 Å². The quantitative estimate of drug-likeness (QED) is 0.819. The van der Waals surface area contributed by atoms with E-state index in [1.807, 2.05) is 42.5 Å². The number of carbonyl (C=O) groups is 2. The normalized spacial score (nSPS) is 14.0. The van der Waals surface area contributed by atoms with Crippen LogP contribution in [0.5, 0.6) is 0 Å². The van der Waals surface area contributed by atoms with Gasteiger partial charge in [0, 0.05) is 42.7 Å². The Balaban J connectivity index is 1.47. The van der Waals surface area contributed by atoms with Crippen molar-refractivity contribution in [3.05, 3.63) is 48.7 Å². The number of carbonyl (C=O) groups excluding carboxylic acids is 2. The summed E-state index contributed by atoms with van der Waals surface area (Å²) in [5, 5.41) is 3.80. The molecule has 1 aliphatic rings. The number of hydrogen-bond acceptors (Lipinski definition) is 4. The monoisotopic (exact) mass is 341 g/mol. The van der Waals surface area contributed by atoms with Crippen LogP contribution >= 0.6 is 11.8 Å². The molecule has 6 heteroatoms. The molecule has 2 aromatic rings. The van der Waals surface area contributed by atoms with Crippen LogP contribution in [0.15, 0.2) is 53.7 Å². The Hall–Kier alpha value is -2.34. The molecule has 0 unspecified atom stereocenters. The molecule has 0 spiro atoms. The summed E-state index contributed by atoms with van der Waals surface area (Å²) in [7, 11) is 0. The maximum Gasteiger partial charge on any atom is 0.227 e. The van der Waals surface area contributed by atoms with Gasteiger partial charge >= 0.3 is 0 Å². The summed E-state index contributed by atoms with van der Waals surface area (Å²) in [5.41, 5.74) is 1.64. The SMILES string of the molecule is O=C(CCSc1ccccn1)Nc1ccc(N2CCCC2=O)cc1. The van der Waals surface area contributed by atoms with Crippen LogP contribution in [0.1, 0.15) is 19.3 Å². The van der Waals surface area contributed by atoms with Crippen molar-refractivity contribution in [1.82, 2.24) is 4.98 Å². The Morgan fingerprint density at radius 3 is 2.71 bits per heavy atom. The highest BCUT2D eigenvalue weighted by atomic mass is 32.2. The van der Waals surface area contributed by atoms with Crippen molar-refractivity contribution < 1.29 is 9.59 Å². The largest absolute Gasteiger partial charge is 0.326 e. The van der Waals surface area contributed by atoms with E-state index < -0.39 is 0 Å². The van der Waals surface area contributed by atoms with Crippen LogP contribution in [0.2, 0.25) is 0 Å². The zero-order chi connectivity index (χ0) is 16.8. The van der Waals surface area contributed by atoms with Gasteiger partial charge in [-0.05, 0) is 42.8 Å². The van der Waals surface area contributed by atoms with E-state index >= 15 is 0 Å². The molecule has 1 fully saturated rings. The molecule has 24 heavy (non-hydrogen) atoms. The highest BCUT2D eigenvalue weighted by Gasteiger charge is 2.21. The number of thioether (sulfide) groups is 1. The van der Waals surface area contributed by atoms with Crippen molar-refractivity contribution in [2.75, 3.05) is 22.5 Å². The number of hydrogen-bond donors (Lipinski definition) is 1. The van der Waals surface area contributed by atoms with E-state index in [1.165, 1.54) is 0 Å². The van der Waals surface area contributed by atoms with E-state index in [1.54, 1.807) is 22.9 Å². The van der Waals surface area contributed by atoms with Crippen molar-refractivity contribution in [2.24, 2.45) is 0 Å². The topological polar surface area (TPSA) is 62.3 Å². The minimum Gasteiger partial charge on any atom is -0.326 e. The summed E-state index contributed by atoms with van der Waals surface area (Å²) in [6, 6.07) is 13.2. The average Bonchev–Trinajstić information content (AvgIpc) is 3.03. The first-order chi connectivity index (χ1) is 11.7. The predicted octanol–water partition coefficient (Wildman–Crippen LogP) is 3.33. The molecule has 1 aromatic carbocycles. The summed E-state index contributed by atoms with van der Waals surface area (Å²) in [5.74, 6) is 0.824. The Morgan fingerprint density at radius 1 is 1.21 bits per heavy atom. The minimum atomic E-state index is -0.0246. The Bertz CT molecular complexity index is 704. The molecule has 1 aromatic heterocycles. The Morgan fingerprint density at radius 2 is 2.04 bits per heavy atom. The van der Waals surface area contributed by atoms with E-state index in [0.717, 1.165) is 29.4 Å². The second kappa shape index (κ2) is 7.97. The third-order valence-corrected chi connectivity index (χ3v) is 4.70. The fourth-order valence-electron chi connectivity index (χ4n) is 2.55. The van der Waals surface area contributed by atoms with Crippen molar-refractivity contribution in [3.8, 4) is 0 Å². The second-order valence-electron chi connectivity index (χ2n) is 5.51. The zero-order valence-corrected chi connectivity index (χ0v) is 14.1. The summed E-state index contributed by atoms with van der Waals surface area (Å²) in [6.07, 6.45) is 3.69. The fourth-order valence-corrected chi connectivity index (χ4v) is 3.36. The summed E-state index contributed by atoms with van der Waals surface area (Å²) >= 11 is 1.56. The summed E-state index contributed by atoms with van der Waals surface area (Å²) in [6.45, 7) is 0.773. The van der Waals surface area contributed by atoms with Gasteiger partial charge in [0.1, 0.15) is 0 Å². The molecule has 0 radical (unpaired) electrons. The molecule has 0 bridgehead atoms. The number of pyridine rings is 1. The van der Waals surface area contributed by atoms with Gasteiger partial charge in [-0.25, -0.2) is 4.98 Å². The van der Waals surface area contributed by atoms with Crippen molar-refractivity contribution >= 4 is 35.0 Å². The van der Waals surface area contributed by atoms with Crippen LogP contribution in [0.25, 0.3) is 0 Å². The molecule has 0 atom stereocenters. The molecule has 1 saturated heterocycles. The molecule has 3 rings (SSSR count). The molecule has 2 heterocycles. The van der Waals surface area contributed by atoms with Crippen LogP contribution < -0.4 is 10.2 Å². The number of anilines is 2. The molecule has 2 amide bonds. The van der Waals surface area contributed by atoms with E-state index in [0.29, 0.717) is 18.6 Å². The summed E-state index contributed by atoms with van der Waals surface area (Å²) in [4.78, 5) is 29.7. The van der Waals surface area contributed by atoms with E-state index in [2.05, 4.69) is 10.3 Å². The van der Waals surface area contributed by atoms with Gasteiger partial charge in [-0.2, -0.15) is 0 Å². The highest BCUT2D eigenvalue weighted by molar-refractivity contribution is 7.99. The van der Waals surface area contributed by atoms with E-state index in [9.17, 15) is 9.59 Å². The van der Waals surface area contributed by atoms with Crippen LogP contribution in [0, 0.1) is 0 Å². The van der Waals surface area contributed by atoms with E-state index in [-0.39, 0.29) is 11.8 Å². The number of rotatable bonds is 6. The molecule has 5 nitrogen and oxygen atoms in total. The third kappa shape index (κ3) is 4.35. The standard InChI is InChI=1S/C18H19N3O2S/c22-16(10-13-24-17-4-1-2-11-19-17)20-14-6-8-15(9-7-14)21-12-3-5-18(21)23/h1-2,4,6-9,11H,3,5,10,12-13H2,(H,20,22). The van der Waals surface area contributed by atoms with E-state index in [4.69, 9.17) is 0 Å². The van der Waals surface area contributed by atoms with Gasteiger partial charge in [0.2, 0.25) is 11.8 Å². The van der Waals surface area contributed by atoms with Crippen LogP contribution in [0.3, 0.4) is 0 Å². The number of nitrogens with one attached hydrogen (secondary N) is 1. The molecule has 1 N–H and O–H groups in total. The predicted molar refractivity (Wildman–Crippen MR) is 96.2 cm³/mol. The first-order valence-corrected chi connectivity index (χ1v) is 8.95. The smallest absolute Gasteiger partial charge is 0.227 e. The van der Waals surface area contributed by atoms with Gasteiger partial charge in [-0.1, -0.05) is 6.07 Å². The first-order valence-electron chi connectivity index (χ1n) is 7.96. The lowest BCUT2D eigenvalue weighted by Gasteiger charge is -2.16. The van der Waals surface area contributed by atoms with Gasteiger partial charge in [-0.15, -0.1) is 11.8 Å². The van der Waals surface area contributed by atoms with Crippen LogP contribution in [0.4, 0.5) is 11.4 Å². The Kier molecular flexibility index (Phi) is 5.48. The molecule has 1 aliphatic heterocycles. The van der Waals surface area contributed by atoms with Gasteiger partial charge in [-0.3, -0.25) is 9.59 Å². The van der Waals surface area contributed by atoms with Gasteiger partial charge < -0.3 is 10.2 Å². The Labute approximate surface area is 145 Å². The minimum absolute atomic E-state index is 0.0246. The second-order valence-corrected chi connectivity index (χ2v) is 6.63. The first kappa shape index (κ1) is 16.5. The van der Waals surface area contributed by atoms with Gasteiger partial charge in [0.25, 0.3) is 0 Å².